The lowest BCUT2D eigenvalue weighted by Gasteiger charge is -2.28. The number of pyridine rings is 1. The van der Waals surface area contributed by atoms with E-state index >= 15 is 0 Å². The molecule has 1 aromatic heterocycles. The Bertz CT molecular complexity index is 582. The lowest BCUT2D eigenvalue weighted by molar-refractivity contribution is -0.384. The summed E-state index contributed by atoms with van der Waals surface area (Å²) in [5, 5.41) is 11.3. The van der Waals surface area contributed by atoms with Crippen LogP contribution in [0.5, 0.6) is 0 Å². The monoisotopic (exact) mass is 273 g/mol. The molecule has 3 fully saturated rings. The summed E-state index contributed by atoms with van der Waals surface area (Å²) in [6.07, 6.45) is 8.02. The molecule has 2 aliphatic carbocycles. The first-order valence-corrected chi connectivity index (χ1v) is 7.50. The van der Waals surface area contributed by atoms with Crippen molar-refractivity contribution in [1.82, 2.24) is 4.98 Å². The molecule has 0 amide bonds. The minimum Gasteiger partial charge on any atom is -0.345 e. The number of anilines is 1. The summed E-state index contributed by atoms with van der Waals surface area (Å²) < 4.78 is 0. The second-order valence-corrected chi connectivity index (χ2v) is 6.62. The molecule has 5 heteroatoms. The molecule has 2 atom stereocenters. The molecule has 0 radical (unpaired) electrons. The van der Waals surface area contributed by atoms with Gasteiger partial charge in [-0.15, -0.1) is 0 Å². The second kappa shape index (κ2) is 3.93. The molecule has 2 saturated carbocycles. The maximum Gasteiger partial charge on any atom is 0.311 e. The fraction of sp³-hybridized carbons (Fsp3) is 0.667. The van der Waals surface area contributed by atoms with Gasteiger partial charge in [-0.1, -0.05) is 6.42 Å². The van der Waals surface area contributed by atoms with Crippen molar-refractivity contribution in [2.24, 2.45) is 11.8 Å². The van der Waals surface area contributed by atoms with Gasteiger partial charge in [0.25, 0.3) is 0 Å². The van der Waals surface area contributed by atoms with E-state index in [1.165, 1.54) is 32.1 Å². The smallest absolute Gasteiger partial charge is 0.311 e. The predicted octanol–water partition coefficient (Wildman–Crippen LogP) is 3.07. The highest BCUT2D eigenvalue weighted by Crippen LogP contribution is 2.61. The van der Waals surface area contributed by atoms with E-state index in [4.69, 9.17) is 0 Å². The van der Waals surface area contributed by atoms with Crippen molar-refractivity contribution in [2.45, 2.75) is 44.6 Å². The summed E-state index contributed by atoms with van der Waals surface area (Å²) in [7, 11) is 0. The number of nitrogens with zero attached hydrogens (tertiary/aromatic N) is 3. The van der Waals surface area contributed by atoms with Gasteiger partial charge in [0.2, 0.25) is 5.82 Å². The van der Waals surface area contributed by atoms with Gasteiger partial charge in [0.05, 0.1) is 4.92 Å². The first-order chi connectivity index (χ1) is 9.62. The van der Waals surface area contributed by atoms with Crippen LogP contribution in [0.15, 0.2) is 12.3 Å². The molecule has 2 heterocycles. The van der Waals surface area contributed by atoms with Crippen LogP contribution in [0.1, 0.15) is 37.7 Å². The van der Waals surface area contributed by atoms with Crippen LogP contribution in [0.4, 0.5) is 11.5 Å². The molecule has 1 saturated heterocycles. The molecule has 0 unspecified atom stereocenters. The highest BCUT2D eigenvalue weighted by atomic mass is 16.6. The van der Waals surface area contributed by atoms with Gasteiger partial charge < -0.3 is 4.90 Å². The molecule has 1 spiro atoms. The van der Waals surface area contributed by atoms with E-state index in [-0.39, 0.29) is 16.1 Å². The third-order valence-electron chi connectivity index (χ3n) is 5.50. The SMILES string of the molecule is Cc1cnc(N2C[C@@H]3CCC[C@@H]3C23CC3)c([N+](=O)[O-])c1. The predicted molar refractivity (Wildman–Crippen MR) is 75.8 cm³/mol. The van der Waals surface area contributed by atoms with E-state index < -0.39 is 0 Å². The van der Waals surface area contributed by atoms with Crippen LogP contribution >= 0.6 is 0 Å². The molecular formula is C15H19N3O2. The maximum atomic E-state index is 11.3. The Morgan fingerprint density at radius 3 is 2.95 bits per heavy atom. The molecule has 106 valence electrons. The molecule has 1 aromatic rings. The van der Waals surface area contributed by atoms with Crippen LogP contribution in [0.3, 0.4) is 0 Å². The highest BCUT2D eigenvalue weighted by Gasteiger charge is 2.62. The lowest BCUT2D eigenvalue weighted by Crippen LogP contribution is -2.36. The molecular weight excluding hydrogens is 254 g/mol. The number of hydrogen-bond acceptors (Lipinski definition) is 4. The quantitative estimate of drug-likeness (QED) is 0.613. The zero-order chi connectivity index (χ0) is 13.9. The zero-order valence-corrected chi connectivity index (χ0v) is 11.7. The number of nitro groups is 1. The first-order valence-electron chi connectivity index (χ1n) is 7.50. The summed E-state index contributed by atoms with van der Waals surface area (Å²) in [6, 6.07) is 1.66. The van der Waals surface area contributed by atoms with Crippen molar-refractivity contribution in [3.8, 4) is 0 Å². The number of rotatable bonds is 2. The van der Waals surface area contributed by atoms with Gasteiger partial charge in [-0.05, 0) is 50.0 Å². The van der Waals surface area contributed by atoms with Gasteiger partial charge in [-0.3, -0.25) is 10.1 Å². The maximum absolute atomic E-state index is 11.3. The van der Waals surface area contributed by atoms with Crippen LogP contribution in [-0.4, -0.2) is 22.0 Å². The topological polar surface area (TPSA) is 59.3 Å². The minimum absolute atomic E-state index is 0.177. The molecule has 4 rings (SSSR count). The molecule has 0 aromatic carbocycles. The van der Waals surface area contributed by atoms with Crippen LogP contribution < -0.4 is 4.90 Å². The van der Waals surface area contributed by atoms with E-state index in [9.17, 15) is 10.1 Å². The second-order valence-electron chi connectivity index (χ2n) is 6.62. The van der Waals surface area contributed by atoms with Crippen LogP contribution in [0.25, 0.3) is 0 Å². The highest BCUT2D eigenvalue weighted by molar-refractivity contribution is 5.62. The van der Waals surface area contributed by atoms with Gasteiger partial charge >= 0.3 is 5.69 Å². The average molecular weight is 273 g/mol. The number of aryl methyl sites for hydroxylation is 1. The fourth-order valence-electron chi connectivity index (χ4n) is 4.53. The van der Waals surface area contributed by atoms with Crippen LogP contribution in [0, 0.1) is 28.9 Å². The summed E-state index contributed by atoms with van der Waals surface area (Å²) in [4.78, 5) is 17.8. The number of hydrogen-bond donors (Lipinski definition) is 0. The van der Waals surface area contributed by atoms with Crippen LogP contribution in [0.2, 0.25) is 0 Å². The molecule has 0 bridgehead atoms. The third kappa shape index (κ3) is 1.52. The van der Waals surface area contributed by atoms with Crippen molar-refractivity contribution in [2.75, 3.05) is 11.4 Å². The summed E-state index contributed by atoms with van der Waals surface area (Å²) in [5.74, 6) is 2.07. The van der Waals surface area contributed by atoms with E-state index in [0.717, 1.165) is 23.9 Å². The Hall–Kier alpha value is -1.65. The van der Waals surface area contributed by atoms with Crippen molar-refractivity contribution >= 4 is 11.5 Å². The Balaban J connectivity index is 1.77. The average Bonchev–Trinajstić information content (AvgIpc) is 2.97. The van der Waals surface area contributed by atoms with Crippen molar-refractivity contribution in [1.29, 1.82) is 0 Å². The number of fused-ring (bicyclic) bond motifs is 2. The van der Waals surface area contributed by atoms with Crippen molar-refractivity contribution < 1.29 is 4.92 Å². The minimum atomic E-state index is -0.278. The van der Waals surface area contributed by atoms with Gasteiger partial charge in [0, 0.05) is 24.3 Å². The molecule has 20 heavy (non-hydrogen) atoms. The normalized spacial score (nSPS) is 29.8. The van der Waals surface area contributed by atoms with Gasteiger partial charge in [0.1, 0.15) is 0 Å². The fourth-order valence-corrected chi connectivity index (χ4v) is 4.53. The van der Waals surface area contributed by atoms with Crippen molar-refractivity contribution in [3.05, 3.63) is 27.9 Å². The zero-order valence-electron chi connectivity index (χ0n) is 11.7. The van der Waals surface area contributed by atoms with E-state index in [1.807, 2.05) is 6.92 Å². The first kappa shape index (κ1) is 12.1. The summed E-state index contributed by atoms with van der Waals surface area (Å²) in [6.45, 7) is 2.82. The number of aromatic nitrogens is 1. The standard InChI is InChI=1S/C15H19N3O2/c1-10-7-13(18(19)20)14(16-8-10)17-9-11-3-2-4-12(11)15(17)5-6-15/h7-8,11-12H,2-6,9H2,1H3/t11-,12-/m0/s1. The molecule has 0 N–H and O–H groups in total. The lowest BCUT2D eigenvalue weighted by atomic mass is 9.92. The van der Waals surface area contributed by atoms with E-state index in [0.29, 0.717) is 5.82 Å². The van der Waals surface area contributed by atoms with E-state index in [2.05, 4.69) is 9.88 Å². The van der Waals surface area contributed by atoms with Gasteiger partial charge in [-0.2, -0.15) is 0 Å². The molecule has 1 aliphatic heterocycles. The summed E-state index contributed by atoms with van der Waals surface area (Å²) >= 11 is 0. The largest absolute Gasteiger partial charge is 0.345 e. The van der Waals surface area contributed by atoms with Crippen LogP contribution in [-0.2, 0) is 0 Å². The third-order valence-corrected chi connectivity index (χ3v) is 5.50. The van der Waals surface area contributed by atoms with Gasteiger partial charge in [-0.25, -0.2) is 4.98 Å². The Kier molecular flexibility index (Phi) is 2.38. The molecule has 5 nitrogen and oxygen atoms in total. The Morgan fingerprint density at radius 2 is 2.25 bits per heavy atom. The Labute approximate surface area is 118 Å². The van der Waals surface area contributed by atoms with E-state index in [1.54, 1.807) is 12.3 Å². The summed E-state index contributed by atoms with van der Waals surface area (Å²) in [5.41, 5.74) is 1.23. The molecule has 3 aliphatic rings. The van der Waals surface area contributed by atoms with Gasteiger partial charge in [0.15, 0.2) is 0 Å². The Morgan fingerprint density at radius 1 is 1.45 bits per heavy atom. The van der Waals surface area contributed by atoms with Crippen molar-refractivity contribution in [3.63, 3.8) is 0 Å².